The van der Waals surface area contributed by atoms with Gasteiger partial charge in [-0.25, -0.2) is 4.79 Å². The second kappa shape index (κ2) is 8.25. The zero-order chi connectivity index (χ0) is 15.1. The molecule has 5 heteroatoms. The van der Waals surface area contributed by atoms with Crippen LogP contribution in [0.2, 0.25) is 5.02 Å². The summed E-state index contributed by atoms with van der Waals surface area (Å²) in [6.45, 7) is 5.64. The molecule has 0 aliphatic rings. The van der Waals surface area contributed by atoms with Crippen LogP contribution in [0.1, 0.15) is 24.1 Å². The van der Waals surface area contributed by atoms with E-state index in [1.165, 1.54) is 0 Å². The highest BCUT2D eigenvalue weighted by Crippen LogP contribution is 2.22. The van der Waals surface area contributed by atoms with Gasteiger partial charge in [-0.15, -0.1) is 0 Å². The molecule has 0 amide bonds. The van der Waals surface area contributed by atoms with Gasteiger partial charge in [0, 0.05) is 18.1 Å². The van der Waals surface area contributed by atoms with Gasteiger partial charge in [0.2, 0.25) is 0 Å². The van der Waals surface area contributed by atoms with E-state index in [2.05, 4.69) is 10.2 Å². The Hall–Kier alpha value is -1.10. The van der Waals surface area contributed by atoms with Crippen molar-refractivity contribution in [1.29, 1.82) is 0 Å². The number of nitrogens with one attached hydrogen (secondary N) is 1. The molecule has 0 saturated carbocycles. The van der Waals surface area contributed by atoms with Crippen molar-refractivity contribution in [3.63, 3.8) is 0 Å². The predicted molar refractivity (Wildman–Crippen MR) is 82.1 cm³/mol. The van der Waals surface area contributed by atoms with E-state index >= 15 is 0 Å². The molecule has 1 unspecified atom stereocenters. The molecule has 1 rings (SSSR count). The lowest BCUT2D eigenvalue weighted by molar-refractivity contribution is -0.145. The van der Waals surface area contributed by atoms with Gasteiger partial charge in [-0.1, -0.05) is 23.7 Å². The van der Waals surface area contributed by atoms with Gasteiger partial charge in [0.1, 0.15) is 6.04 Å². The minimum absolute atomic E-state index is 0.272. The topological polar surface area (TPSA) is 41.6 Å². The van der Waals surface area contributed by atoms with E-state index in [1.807, 2.05) is 39.2 Å². The van der Waals surface area contributed by atoms with E-state index < -0.39 is 6.04 Å². The van der Waals surface area contributed by atoms with Crippen LogP contribution in [0.3, 0.4) is 0 Å². The summed E-state index contributed by atoms with van der Waals surface area (Å²) < 4.78 is 5.13. The predicted octanol–water partition coefficient (Wildman–Crippen LogP) is 2.40. The summed E-state index contributed by atoms with van der Waals surface area (Å²) in [7, 11) is 3.98. The lowest BCUT2D eigenvalue weighted by Gasteiger charge is -2.19. The minimum Gasteiger partial charge on any atom is -0.465 e. The first-order valence-electron chi connectivity index (χ1n) is 6.76. The van der Waals surface area contributed by atoms with Gasteiger partial charge in [0.05, 0.1) is 6.61 Å². The standard InChI is InChI=1S/C15H23ClN2O2/c1-5-20-15(19)14(17-8-9-18(3)4)12-7-6-11(2)13(16)10-12/h6-7,10,14,17H,5,8-9H2,1-4H3. The van der Waals surface area contributed by atoms with E-state index in [1.54, 1.807) is 6.92 Å². The molecule has 0 heterocycles. The average Bonchev–Trinajstić information content (AvgIpc) is 2.38. The molecule has 1 atom stereocenters. The van der Waals surface area contributed by atoms with E-state index in [0.29, 0.717) is 18.2 Å². The monoisotopic (exact) mass is 298 g/mol. The molecule has 0 spiro atoms. The first-order valence-corrected chi connectivity index (χ1v) is 7.14. The molecule has 0 aromatic heterocycles. The molecule has 0 bridgehead atoms. The molecule has 1 N–H and O–H groups in total. The first-order chi connectivity index (χ1) is 9.45. The Kier molecular flexibility index (Phi) is 6.99. The fourth-order valence-electron chi connectivity index (χ4n) is 1.78. The summed E-state index contributed by atoms with van der Waals surface area (Å²) in [6.07, 6.45) is 0. The fraction of sp³-hybridized carbons (Fsp3) is 0.533. The number of likely N-dealkylation sites (N-methyl/N-ethyl adjacent to an activating group) is 1. The van der Waals surface area contributed by atoms with Crippen molar-refractivity contribution in [2.75, 3.05) is 33.8 Å². The largest absolute Gasteiger partial charge is 0.465 e. The number of esters is 1. The van der Waals surface area contributed by atoms with Crippen LogP contribution in [0.25, 0.3) is 0 Å². The minimum atomic E-state index is -0.479. The maximum Gasteiger partial charge on any atom is 0.327 e. The third-order valence-electron chi connectivity index (χ3n) is 2.96. The Balaban J connectivity index is 2.85. The molecule has 0 radical (unpaired) electrons. The lowest BCUT2D eigenvalue weighted by atomic mass is 10.1. The van der Waals surface area contributed by atoms with Crippen LogP contribution in [0, 0.1) is 6.92 Å². The van der Waals surface area contributed by atoms with Gasteiger partial charge < -0.3 is 9.64 Å². The maximum absolute atomic E-state index is 12.1. The number of nitrogens with zero attached hydrogens (tertiary/aromatic N) is 1. The number of benzene rings is 1. The molecule has 20 heavy (non-hydrogen) atoms. The third-order valence-corrected chi connectivity index (χ3v) is 3.37. The van der Waals surface area contributed by atoms with Crippen LogP contribution in [-0.4, -0.2) is 44.7 Å². The van der Waals surface area contributed by atoms with Crippen molar-refractivity contribution < 1.29 is 9.53 Å². The van der Waals surface area contributed by atoms with Crippen LogP contribution >= 0.6 is 11.6 Å². The van der Waals surface area contributed by atoms with Crippen molar-refractivity contribution >= 4 is 17.6 Å². The molecule has 1 aromatic carbocycles. The second-order valence-corrected chi connectivity index (χ2v) is 5.36. The number of aryl methyl sites for hydroxylation is 1. The molecule has 112 valence electrons. The van der Waals surface area contributed by atoms with Crippen LogP contribution < -0.4 is 5.32 Å². The zero-order valence-electron chi connectivity index (χ0n) is 12.6. The van der Waals surface area contributed by atoms with Gasteiger partial charge in [0.15, 0.2) is 0 Å². The SMILES string of the molecule is CCOC(=O)C(NCCN(C)C)c1ccc(C)c(Cl)c1. The second-order valence-electron chi connectivity index (χ2n) is 4.95. The van der Waals surface area contributed by atoms with E-state index in [9.17, 15) is 4.79 Å². The van der Waals surface area contributed by atoms with Gasteiger partial charge >= 0.3 is 5.97 Å². The van der Waals surface area contributed by atoms with E-state index in [-0.39, 0.29) is 5.97 Å². The normalized spacial score (nSPS) is 12.5. The Morgan fingerprint density at radius 1 is 1.45 bits per heavy atom. The molecule has 4 nitrogen and oxygen atoms in total. The van der Waals surface area contributed by atoms with Gasteiger partial charge in [-0.2, -0.15) is 0 Å². The highest BCUT2D eigenvalue weighted by molar-refractivity contribution is 6.31. The average molecular weight is 299 g/mol. The molecular weight excluding hydrogens is 276 g/mol. The Morgan fingerprint density at radius 2 is 2.15 bits per heavy atom. The van der Waals surface area contributed by atoms with Gasteiger partial charge in [0.25, 0.3) is 0 Å². The maximum atomic E-state index is 12.1. The molecule has 1 aromatic rings. The summed E-state index contributed by atoms with van der Waals surface area (Å²) in [4.78, 5) is 14.1. The van der Waals surface area contributed by atoms with E-state index in [0.717, 1.165) is 17.7 Å². The quantitative estimate of drug-likeness (QED) is 0.785. The van der Waals surface area contributed by atoms with Gasteiger partial charge in [-0.05, 0) is 45.1 Å². The van der Waals surface area contributed by atoms with Crippen molar-refractivity contribution in [3.8, 4) is 0 Å². The third kappa shape index (κ3) is 5.12. The number of ether oxygens (including phenoxy) is 1. The highest BCUT2D eigenvalue weighted by atomic mass is 35.5. The molecule has 0 aliphatic heterocycles. The van der Waals surface area contributed by atoms with Gasteiger partial charge in [-0.3, -0.25) is 5.32 Å². The van der Waals surface area contributed by atoms with Crippen LogP contribution in [-0.2, 0) is 9.53 Å². The number of hydrogen-bond acceptors (Lipinski definition) is 4. The number of rotatable bonds is 7. The summed E-state index contributed by atoms with van der Waals surface area (Å²) >= 11 is 6.14. The zero-order valence-corrected chi connectivity index (χ0v) is 13.3. The lowest BCUT2D eigenvalue weighted by Crippen LogP contribution is -2.35. The van der Waals surface area contributed by atoms with Crippen molar-refractivity contribution in [2.24, 2.45) is 0 Å². The number of hydrogen-bond donors (Lipinski definition) is 1. The van der Waals surface area contributed by atoms with Crippen LogP contribution in [0.15, 0.2) is 18.2 Å². The summed E-state index contributed by atoms with van der Waals surface area (Å²) in [5.41, 5.74) is 1.82. The summed E-state index contributed by atoms with van der Waals surface area (Å²) in [5.74, 6) is -0.272. The molecule has 0 saturated heterocycles. The van der Waals surface area contributed by atoms with Crippen molar-refractivity contribution in [2.45, 2.75) is 19.9 Å². The highest BCUT2D eigenvalue weighted by Gasteiger charge is 2.21. The number of carbonyl (C=O) groups is 1. The van der Waals surface area contributed by atoms with Crippen molar-refractivity contribution in [1.82, 2.24) is 10.2 Å². The Labute approximate surface area is 126 Å². The Morgan fingerprint density at radius 3 is 2.70 bits per heavy atom. The number of halogens is 1. The van der Waals surface area contributed by atoms with Crippen molar-refractivity contribution in [3.05, 3.63) is 34.3 Å². The Bertz CT molecular complexity index is 449. The summed E-state index contributed by atoms with van der Waals surface area (Å²) in [6, 6.07) is 5.16. The smallest absolute Gasteiger partial charge is 0.327 e. The summed E-state index contributed by atoms with van der Waals surface area (Å²) in [5, 5.41) is 3.88. The van der Waals surface area contributed by atoms with E-state index in [4.69, 9.17) is 16.3 Å². The molecule has 0 aliphatic carbocycles. The fourth-order valence-corrected chi connectivity index (χ4v) is 1.97. The molecular formula is C15H23ClN2O2. The van der Waals surface area contributed by atoms with Crippen LogP contribution in [0.5, 0.6) is 0 Å². The first kappa shape index (κ1) is 17.0. The number of carbonyl (C=O) groups excluding carboxylic acids is 1. The van der Waals surface area contributed by atoms with Crippen LogP contribution in [0.4, 0.5) is 0 Å². The molecule has 0 fully saturated rings.